The average Bonchev–Trinajstić information content (AvgIpc) is 3.07. The van der Waals surface area contributed by atoms with Gasteiger partial charge in [0.25, 0.3) is 0 Å². The molecular formula is C17H23ClIN3O2. The average molecular weight is 464 g/mol. The minimum atomic E-state index is -0.742. The molecule has 0 fully saturated rings. The number of furan rings is 1. The Hall–Kier alpha value is -1.25. The highest BCUT2D eigenvalue weighted by atomic mass is 127. The maximum Gasteiger partial charge on any atom is 0.191 e. The summed E-state index contributed by atoms with van der Waals surface area (Å²) in [6, 6.07) is 11.3. The van der Waals surface area contributed by atoms with Crippen LogP contribution >= 0.6 is 35.6 Å². The van der Waals surface area contributed by atoms with Crippen molar-refractivity contribution in [2.45, 2.75) is 19.4 Å². The number of benzene rings is 1. The molecule has 24 heavy (non-hydrogen) atoms. The van der Waals surface area contributed by atoms with Crippen LogP contribution in [0, 0.1) is 0 Å². The third-order valence-corrected chi connectivity index (χ3v) is 3.47. The molecule has 2 rings (SSSR count). The number of hydrogen-bond donors (Lipinski definition) is 3. The molecule has 1 aromatic heterocycles. The van der Waals surface area contributed by atoms with Crippen LogP contribution in [0.3, 0.4) is 0 Å². The van der Waals surface area contributed by atoms with E-state index in [0.29, 0.717) is 11.7 Å². The van der Waals surface area contributed by atoms with Gasteiger partial charge >= 0.3 is 0 Å². The van der Waals surface area contributed by atoms with Gasteiger partial charge in [0.15, 0.2) is 5.96 Å². The van der Waals surface area contributed by atoms with Crippen LogP contribution < -0.4 is 10.6 Å². The molecule has 132 valence electrons. The predicted octanol–water partition coefficient (Wildman–Crippen LogP) is 3.38. The Morgan fingerprint density at radius 1 is 1.29 bits per heavy atom. The molecule has 0 radical (unpaired) electrons. The normalized spacial score (nSPS) is 12.4. The lowest BCUT2D eigenvalue weighted by Crippen LogP contribution is -2.38. The minimum absolute atomic E-state index is 0. The Labute approximate surface area is 164 Å². The minimum Gasteiger partial charge on any atom is -0.467 e. The number of hydrogen-bond acceptors (Lipinski definition) is 3. The van der Waals surface area contributed by atoms with E-state index < -0.39 is 6.10 Å². The lowest BCUT2D eigenvalue weighted by molar-refractivity contribution is 0.158. The molecule has 0 aliphatic carbocycles. The molecule has 3 N–H and O–H groups in total. The molecule has 0 saturated heterocycles. The van der Waals surface area contributed by atoms with Crippen molar-refractivity contribution in [1.29, 1.82) is 0 Å². The lowest BCUT2D eigenvalue weighted by atomic mass is 10.1. The maximum atomic E-state index is 9.99. The van der Waals surface area contributed by atoms with E-state index in [9.17, 15) is 5.11 Å². The van der Waals surface area contributed by atoms with Gasteiger partial charge in [-0.05, 0) is 43.2 Å². The molecule has 2 aromatic rings. The Kier molecular flexibility index (Phi) is 9.82. The lowest BCUT2D eigenvalue weighted by Gasteiger charge is -2.12. The van der Waals surface area contributed by atoms with Gasteiger partial charge in [0.05, 0.1) is 12.8 Å². The van der Waals surface area contributed by atoms with Gasteiger partial charge in [0.2, 0.25) is 0 Å². The molecule has 0 aliphatic rings. The number of rotatable bonds is 7. The molecule has 7 heteroatoms. The number of halogens is 2. The van der Waals surface area contributed by atoms with E-state index in [-0.39, 0.29) is 30.5 Å². The summed E-state index contributed by atoms with van der Waals surface area (Å²) in [5.74, 6) is 1.18. The molecule has 0 saturated carbocycles. The van der Waals surface area contributed by atoms with E-state index in [1.54, 1.807) is 12.1 Å². The van der Waals surface area contributed by atoms with Crippen molar-refractivity contribution in [3.05, 3.63) is 59.0 Å². The summed E-state index contributed by atoms with van der Waals surface area (Å²) in [7, 11) is 0. The van der Waals surface area contributed by atoms with Crippen LogP contribution in [0.2, 0.25) is 5.02 Å². The highest BCUT2D eigenvalue weighted by molar-refractivity contribution is 14.0. The van der Waals surface area contributed by atoms with E-state index >= 15 is 0 Å². The van der Waals surface area contributed by atoms with E-state index in [2.05, 4.69) is 15.6 Å². The zero-order valence-electron chi connectivity index (χ0n) is 13.5. The number of aliphatic imine (C=N–C) groups is 1. The standard InChI is InChI=1S/C17H22ClN3O2.HI/c1-2-19-17(21-12-15(22)16-7-4-10-23-16)20-9-8-13-5-3-6-14(18)11-13;/h3-7,10-11,15,22H,2,8-9,12H2,1H3,(H2,19,20,21);1H. The van der Waals surface area contributed by atoms with Crippen molar-refractivity contribution in [3.63, 3.8) is 0 Å². The monoisotopic (exact) mass is 463 g/mol. The van der Waals surface area contributed by atoms with E-state index in [1.807, 2.05) is 31.2 Å². The molecule has 0 amide bonds. The first kappa shape index (κ1) is 20.8. The maximum absolute atomic E-state index is 9.99. The summed E-state index contributed by atoms with van der Waals surface area (Å²) in [5.41, 5.74) is 1.16. The van der Waals surface area contributed by atoms with Crippen LogP contribution in [-0.2, 0) is 6.42 Å². The second-order valence-corrected chi connectivity index (χ2v) is 5.49. The van der Waals surface area contributed by atoms with Crippen LogP contribution in [0.25, 0.3) is 0 Å². The highest BCUT2D eigenvalue weighted by Crippen LogP contribution is 2.13. The zero-order valence-corrected chi connectivity index (χ0v) is 16.6. The smallest absolute Gasteiger partial charge is 0.191 e. The number of aliphatic hydroxyl groups excluding tert-OH is 1. The first-order valence-electron chi connectivity index (χ1n) is 7.67. The molecule has 1 atom stereocenters. The van der Waals surface area contributed by atoms with Crippen molar-refractivity contribution in [1.82, 2.24) is 10.6 Å². The zero-order chi connectivity index (χ0) is 16.5. The predicted molar refractivity (Wildman–Crippen MR) is 108 cm³/mol. The molecular weight excluding hydrogens is 441 g/mol. The van der Waals surface area contributed by atoms with Gasteiger partial charge in [-0.1, -0.05) is 23.7 Å². The topological polar surface area (TPSA) is 69.8 Å². The van der Waals surface area contributed by atoms with Gasteiger partial charge in [-0.25, -0.2) is 0 Å². The fraction of sp³-hybridized carbons (Fsp3) is 0.353. The molecule has 0 aliphatic heterocycles. The summed E-state index contributed by atoms with van der Waals surface area (Å²) >= 11 is 5.98. The summed E-state index contributed by atoms with van der Waals surface area (Å²) in [5, 5.41) is 17.1. The molecule has 1 unspecified atom stereocenters. The van der Waals surface area contributed by atoms with E-state index in [0.717, 1.165) is 30.1 Å². The van der Waals surface area contributed by atoms with Gasteiger partial charge in [0.1, 0.15) is 11.9 Å². The van der Waals surface area contributed by atoms with Crippen LogP contribution in [0.15, 0.2) is 52.1 Å². The first-order valence-corrected chi connectivity index (χ1v) is 8.05. The van der Waals surface area contributed by atoms with Crippen molar-refractivity contribution >= 4 is 41.5 Å². The SMILES string of the molecule is CCNC(=NCC(O)c1ccco1)NCCc1cccc(Cl)c1.I. The largest absolute Gasteiger partial charge is 0.467 e. The molecule has 1 aromatic carbocycles. The number of nitrogens with one attached hydrogen (secondary N) is 2. The van der Waals surface area contributed by atoms with Crippen molar-refractivity contribution in [2.75, 3.05) is 19.6 Å². The summed E-state index contributed by atoms with van der Waals surface area (Å²) in [6.45, 7) is 3.71. The third-order valence-electron chi connectivity index (χ3n) is 3.23. The number of aliphatic hydroxyl groups is 1. The van der Waals surface area contributed by atoms with Crippen LogP contribution in [-0.4, -0.2) is 30.7 Å². The van der Waals surface area contributed by atoms with Gasteiger partial charge in [0, 0.05) is 18.1 Å². The second kappa shape index (κ2) is 11.3. The summed E-state index contributed by atoms with van der Waals surface area (Å²) in [6.07, 6.45) is 1.64. The second-order valence-electron chi connectivity index (χ2n) is 5.06. The van der Waals surface area contributed by atoms with Gasteiger partial charge in [-0.15, -0.1) is 24.0 Å². The van der Waals surface area contributed by atoms with E-state index in [4.69, 9.17) is 16.0 Å². The van der Waals surface area contributed by atoms with Crippen LogP contribution in [0.4, 0.5) is 0 Å². The van der Waals surface area contributed by atoms with Gasteiger partial charge < -0.3 is 20.2 Å². The van der Waals surface area contributed by atoms with Crippen molar-refractivity contribution in [3.8, 4) is 0 Å². The summed E-state index contributed by atoms with van der Waals surface area (Å²) in [4.78, 5) is 4.38. The fourth-order valence-corrected chi connectivity index (χ4v) is 2.32. The van der Waals surface area contributed by atoms with Crippen LogP contribution in [0.1, 0.15) is 24.4 Å². The van der Waals surface area contributed by atoms with Crippen molar-refractivity contribution < 1.29 is 9.52 Å². The van der Waals surface area contributed by atoms with E-state index in [1.165, 1.54) is 6.26 Å². The highest BCUT2D eigenvalue weighted by Gasteiger charge is 2.09. The molecule has 5 nitrogen and oxygen atoms in total. The first-order chi connectivity index (χ1) is 11.2. The fourth-order valence-electron chi connectivity index (χ4n) is 2.11. The quantitative estimate of drug-likeness (QED) is 0.334. The molecule has 1 heterocycles. The van der Waals surface area contributed by atoms with Gasteiger partial charge in [-0.2, -0.15) is 0 Å². The third kappa shape index (κ3) is 7.11. The number of nitrogens with zero attached hydrogens (tertiary/aromatic N) is 1. The molecule has 0 bridgehead atoms. The number of guanidine groups is 1. The Bertz CT molecular complexity index is 620. The van der Waals surface area contributed by atoms with Gasteiger partial charge in [-0.3, -0.25) is 4.99 Å². The van der Waals surface area contributed by atoms with Crippen LogP contribution in [0.5, 0.6) is 0 Å². The summed E-state index contributed by atoms with van der Waals surface area (Å²) < 4.78 is 5.17. The van der Waals surface area contributed by atoms with Crippen molar-refractivity contribution in [2.24, 2.45) is 4.99 Å². The Balaban J connectivity index is 0.00000288. The molecule has 0 spiro atoms. The Morgan fingerprint density at radius 2 is 2.12 bits per heavy atom. The Morgan fingerprint density at radius 3 is 2.79 bits per heavy atom.